The van der Waals surface area contributed by atoms with Crippen LogP contribution in [-0.2, 0) is 9.59 Å². The Labute approximate surface area is 210 Å². The lowest BCUT2D eigenvalue weighted by Gasteiger charge is -2.23. The Kier molecular flexibility index (Phi) is 10.2. The van der Waals surface area contributed by atoms with Gasteiger partial charge in [0.25, 0.3) is 5.91 Å². The van der Waals surface area contributed by atoms with E-state index < -0.39 is 5.91 Å². The quantitative estimate of drug-likeness (QED) is 0.593. The zero-order chi connectivity index (χ0) is 24.3. The van der Waals surface area contributed by atoms with E-state index in [4.69, 9.17) is 23.2 Å². The van der Waals surface area contributed by atoms with Crippen molar-refractivity contribution in [3.05, 3.63) is 69.7 Å². The van der Waals surface area contributed by atoms with Crippen LogP contribution in [0.4, 0.5) is 0 Å². The van der Waals surface area contributed by atoms with Crippen LogP contribution in [-0.4, -0.2) is 55.3 Å². The SMILES string of the molecule is O=C1CC(c2ccccc2)NCCCCN(C(=O)CNC(=O)c2cc(Cl)ccc2Cl)CCCN1. The first-order chi connectivity index (χ1) is 16.4. The highest BCUT2D eigenvalue weighted by Crippen LogP contribution is 2.20. The number of benzene rings is 2. The Bertz CT molecular complexity index is 987. The van der Waals surface area contributed by atoms with Crippen LogP contribution in [0.1, 0.15) is 47.6 Å². The number of nitrogens with zero attached hydrogens (tertiary/aromatic N) is 1. The second-order valence-corrected chi connectivity index (χ2v) is 9.06. The second-order valence-electron chi connectivity index (χ2n) is 8.22. The number of carbonyl (C=O) groups excluding carboxylic acids is 3. The van der Waals surface area contributed by atoms with Crippen molar-refractivity contribution in [2.45, 2.75) is 31.7 Å². The molecule has 0 radical (unpaired) electrons. The van der Waals surface area contributed by atoms with Gasteiger partial charge in [0.1, 0.15) is 0 Å². The van der Waals surface area contributed by atoms with Crippen LogP contribution in [0, 0.1) is 0 Å². The van der Waals surface area contributed by atoms with Gasteiger partial charge in [0.05, 0.1) is 17.1 Å². The zero-order valence-electron chi connectivity index (χ0n) is 19.0. The fourth-order valence-electron chi connectivity index (χ4n) is 3.85. The van der Waals surface area contributed by atoms with Crippen molar-refractivity contribution in [2.24, 2.45) is 0 Å². The Morgan fingerprint density at radius 3 is 2.56 bits per heavy atom. The van der Waals surface area contributed by atoms with Gasteiger partial charge in [0.2, 0.25) is 11.8 Å². The summed E-state index contributed by atoms with van der Waals surface area (Å²) in [6, 6.07) is 14.5. The number of nitrogens with one attached hydrogen (secondary N) is 3. The number of carbonyl (C=O) groups is 3. The molecule has 7 nitrogen and oxygen atoms in total. The normalized spacial score (nSPS) is 18.1. The van der Waals surface area contributed by atoms with E-state index in [2.05, 4.69) is 16.0 Å². The zero-order valence-corrected chi connectivity index (χ0v) is 20.5. The molecule has 0 aliphatic carbocycles. The lowest BCUT2D eigenvalue weighted by Crippen LogP contribution is -2.42. The highest BCUT2D eigenvalue weighted by Gasteiger charge is 2.19. The first-order valence-electron chi connectivity index (χ1n) is 11.5. The summed E-state index contributed by atoms with van der Waals surface area (Å²) in [6.45, 7) is 2.16. The molecule has 0 aromatic heterocycles. The van der Waals surface area contributed by atoms with E-state index >= 15 is 0 Å². The lowest BCUT2D eigenvalue weighted by molar-refractivity contribution is -0.130. The van der Waals surface area contributed by atoms with Gasteiger partial charge in [-0.3, -0.25) is 14.4 Å². The van der Waals surface area contributed by atoms with Gasteiger partial charge in [-0.05, 0) is 49.6 Å². The Hall–Kier alpha value is -2.61. The summed E-state index contributed by atoms with van der Waals surface area (Å²) in [6.07, 6.45) is 2.68. The summed E-state index contributed by atoms with van der Waals surface area (Å²) in [5.74, 6) is -0.651. The van der Waals surface area contributed by atoms with E-state index in [1.54, 1.807) is 17.0 Å². The molecule has 1 saturated heterocycles. The molecule has 1 aliphatic rings. The van der Waals surface area contributed by atoms with Gasteiger partial charge in [0.15, 0.2) is 0 Å². The molecular formula is C25H30Cl2N4O3. The van der Waals surface area contributed by atoms with Crippen molar-refractivity contribution in [3.8, 4) is 0 Å². The minimum Gasteiger partial charge on any atom is -0.356 e. The third kappa shape index (κ3) is 8.01. The molecule has 9 heteroatoms. The molecule has 34 heavy (non-hydrogen) atoms. The Morgan fingerprint density at radius 1 is 1.00 bits per heavy atom. The molecule has 1 heterocycles. The van der Waals surface area contributed by atoms with Gasteiger partial charge in [0, 0.05) is 37.1 Å². The molecule has 0 spiro atoms. The van der Waals surface area contributed by atoms with Crippen molar-refractivity contribution in [3.63, 3.8) is 0 Å². The van der Waals surface area contributed by atoms with E-state index in [9.17, 15) is 14.4 Å². The molecule has 1 fully saturated rings. The molecule has 1 unspecified atom stereocenters. The van der Waals surface area contributed by atoms with Gasteiger partial charge >= 0.3 is 0 Å². The minimum absolute atomic E-state index is 0.0239. The van der Waals surface area contributed by atoms with Gasteiger partial charge in [-0.2, -0.15) is 0 Å². The molecule has 0 saturated carbocycles. The molecule has 0 bridgehead atoms. The lowest BCUT2D eigenvalue weighted by atomic mass is 10.0. The van der Waals surface area contributed by atoms with Gasteiger partial charge in [-0.25, -0.2) is 0 Å². The topological polar surface area (TPSA) is 90.5 Å². The average molecular weight is 505 g/mol. The third-order valence-corrected chi connectivity index (χ3v) is 6.25. The van der Waals surface area contributed by atoms with Crippen LogP contribution in [0.15, 0.2) is 48.5 Å². The maximum atomic E-state index is 12.8. The molecule has 182 valence electrons. The standard InChI is InChI=1S/C25H30Cl2N4O3/c26-19-9-10-21(27)20(15-19)25(34)30-17-24(33)31-13-5-4-11-28-22(18-7-2-1-3-8-18)16-23(32)29-12-6-14-31/h1-3,7-10,15,22,28H,4-6,11-14,16-17H2,(H,29,32)(H,30,34). The first kappa shape index (κ1) is 26.0. The maximum Gasteiger partial charge on any atom is 0.253 e. The predicted molar refractivity (Wildman–Crippen MR) is 134 cm³/mol. The van der Waals surface area contributed by atoms with Crippen LogP contribution in [0.25, 0.3) is 0 Å². The summed E-state index contributed by atoms with van der Waals surface area (Å²) >= 11 is 12.0. The fraction of sp³-hybridized carbons (Fsp3) is 0.400. The summed E-state index contributed by atoms with van der Waals surface area (Å²) in [4.78, 5) is 39.5. The largest absolute Gasteiger partial charge is 0.356 e. The fourth-order valence-corrected chi connectivity index (χ4v) is 4.22. The summed E-state index contributed by atoms with van der Waals surface area (Å²) in [7, 11) is 0. The average Bonchev–Trinajstić information content (AvgIpc) is 2.86. The predicted octanol–water partition coefficient (Wildman–Crippen LogP) is 3.57. The van der Waals surface area contributed by atoms with E-state index in [-0.39, 0.29) is 35.0 Å². The molecule has 3 amide bonds. The van der Waals surface area contributed by atoms with Crippen molar-refractivity contribution in [1.29, 1.82) is 0 Å². The second kappa shape index (κ2) is 13.3. The molecule has 1 atom stereocenters. The monoisotopic (exact) mass is 504 g/mol. The molecule has 3 rings (SSSR count). The van der Waals surface area contributed by atoms with Crippen molar-refractivity contribution < 1.29 is 14.4 Å². The molecule has 1 aliphatic heterocycles. The van der Waals surface area contributed by atoms with Crippen molar-refractivity contribution in [1.82, 2.24) is 20.9 Å². The third-order valence-electron chi connectivity index (χ3n) is 5.69. The van der Waals surface area contributed by atoms with Crippen molar-refractivity contribution >= 4 is 40.9 Å². The smallest absolute Gasteiger partial charge is 0.253 e. The van der Waals surface area contributed by atoms with Gasteiger partial charge in [-0.15, -0.1) is 0 Å². The number of hydrogen-bond donors (Lipinski definition) is 3. The number of amides is 3. The molecule has 2 aromatic rings. The number of halogens is 2. The number of rotatable bonds is 4. The number of hydrogen-bond acceptors (Lipinski definition) is 4. The molecule has 3 N–H and O–H groups in total. The highest BCUT2D eigenvalue weighted by molar-refractivity contribution is 6.35. The maximum absolute atomic E-state index is 12.8. The summed E-state index contributed by atoms with van der Waals surface area (Å²) < 4.78 is 0. The Morgan fingerprint density at radius 2 is 1.76 bits per heavy atom. The van der Waals surface area contributed by atoms with Crippen LogP contribution in [0.2, 0.25) is 10.0 Å². The minimum atomic E-state index is -0.449. The van der Waals surface area contributed by atoms with E-state index in [1.165, 1.54) is 6.07 Å². The van der Waals surface area contributed by atoms with Crippen LogP contribution in [0.3, 0.4) is 0 Å². The van der Waals surface area contributed by atoms with Crippen LogP contribution in [0.5, 0.6) is 0 Å². The molecular weight excluding hydrogens is 475 g/mol. The van der Waals surface area contributed by atoms with E-state index in [1.807, 2.05) is 30.3 Å². The van der Waals surface area contributed by atoms with E-state index in [0.29, 0.717) is 37.5 Å². The van der Waals surface area contributed by atoms with Crippen molar-refractivity contribution in [2.75, 3.05) is 32.7 Å². The summed E-state index contributed by atoms with van der Waals surface area (Å²) in [5, 5.41) is 9.72. The van der Waals surface area contributed by atoms with Crippen LogP contribution >= 0.6 is 23.2 Å². The summed E-state index contributed by atoms with van der Waals surface area (Å²) in [5.41, 5.74) is 1.31. The Balaban J connectivity index is 1.55. The van der Waals surface area contributed by atoms with Gasteiger partial charge < -0.3 is 20.9 Å². The molecule has 2 aromatic carbocycles. The van der Waals surface area contributed by atoms with Crippen LogP contribution < -0.4 is 16.0 Å². The van der Waals surface area contributed by atoms with Gasteiger partial charge in [-0.1, -0.05) is 53.5 Å². The van der Waals surface area contributed by atoms with E-state index in [0.717, 1.165) is 24.9 Å². The highest BCUT2D eigenvalue weighted by atomic mass is 35.5. The first-order valence-corrected chi connectivity index (χ1v) is 12.3.